The molecule has 1 saturated heterocycles. The Morgan fingerprint density at radius 3 is 2.25 bits per heavy atom. The number of nitrogen functional groups attached to an aromatic ring is 1. The van der Waals surface area contributed by atoms with E-state index < -0.39 is 84.6 Å². The van der Waals surface area contributed by atoms with Gasteiger partial charge in [-0.1, -0.05) is 89.6 Å². The van der Waals surface area contributed by atoms with E-state index in [1.165, 1.54) is 52.4 Å². The lowest BCUT2D eigenvalue weighted by atomic mass is 9.87. The Morgan fingerprint density at radius 2 is 1.57 bits per heavy atom. The van der Waals surface area contributed by atoms with Crippen LogP contribution < -0.4 is 16.4 Å². The van der Waals surface area contributed by atoms with E-state index in [0.717, 1.165) is 61.1 Å². The molecule has 370 valence electrons. The fourth-order valence-electron chi connectivity index (χ4n) is 6.34. The van der Waals surface area contributed by atoms with E-state index in [-0.39, 0.29) is 41.6 Å². The predicted molar refractivity (Wildman–Crippen MR) is 237 cm³/mol. The molecule has 7 atom stereocenters. The molecular formula is C37H64N7O17P3S. The molecule has 28 heteroatoms. The lowest BCUT2D eigenvalue weighted by Crippen LogP contribution is -2.46. The number of fused-ring (bicyclic) bond motifs is 1. The molecule has 3 rings (SSSR count). The lowest BCUT2D eigenvalue weighted by Gasteiger charge is -2.30. The van der Waals surface area contributed by atoms with Crippen molar-refractivity contribution in [2.75, 3.05) is 37.8 Å². The molecule has 0 saturated carbocycles. The number of amides is 2. The van der Waals surface area contributed by atoms with Gasteiger partial charge in [-0.25, -0.2) is 28.6 Å². The highest BCUT2D eigenvalue weighted by atomic mass is 32.2. The maximum Gasteiger partial charge on any atom is 0.481 e. The molecule has 1 aliphatic rings. The van der Waals surface area contributed by atoms with Crippen LogP contribution in [0.3, 0.4) is 0 Å². The number of hydrogen-bond acceptors (Lipinski definition) is 18. The van der Waals surface area contributed by atoms with Crippen molar-refractivity contribution in [3.05, 3.63) is 24.8 Å². The first kappa shape index (κ1) is 56.6. The zero-order valence-corrected chi connectivity index (χ0v) is 40.2. The van der Waals surface area contributed by atoms with Gasteiger partial charge < -0.3 is 50.9 Å². The second-order valence-electron chi connectivity index (χ2n) is 15.9. The van der Waals surface area contributed by atoms with Gasteiger partial charge in [0.1, 0.15) is 36.3 Å². The number of aromatic nitrogens is 4. The van der Waals surface area contributed by atoms with Gasteiger partial charge in [0.05, 0.1) is 19.5 Å². The molecule has 0 aliphatic carbocycles. The van der Waals surface area contributed by atoms with Crippen LogP contribution in [0.25, 0.3) is 11.2 Å². The summed E-state index contributed by atoms with van der Waals surface area (Å²) in [6, 6.07) is 0. The third-order valence-corrected chi connectivity index (χ3v) is 13.9. The number of aliphatic hydroxyl groups excluding tert-OH is 2. The number of ether oxygens (including phenoxy) is 1. The normalized spacial score (nSPS) is 20.4. The first-order valence-electron chi connectivity index (χ1n) is 21.3. The molecule has 0 aromatic carbocycles. The molecule has 3 heterocycles. The van der Waals surface area contributed by atoms with Gasteiger partial charge in [0.15, 0.2) is 22.8 Å². The molecule has 0 spiro atoms. The van der Waals surface area contributed by atoms with E-state index in [4.69, 9.17) is 19.5 Å². The number of nitrogens with two attached hydrogens (primary N) is 1. The van der Waals surface area contributed by atoms with Crippen molar-refractivity contribution in [3.63, 3.8) is 0 Å². The van der Waals surface area contributed by atoms with Gasteiger partial charge in [-0.05, 0) is 25.7 Å². The average Bonchev–Trinajstić information content (AvgIpc) is 3.79. The van der Waals surface area contributed by atoms with E-state index in [9.17, 15) is 57.9 Å². The quantitative estimate of drug-likeness (QED) is 0.0285. The fraction of sp³-hybridized carbons (Fsp3) is 0.730. The van der Waals surface area contributed by atoms with Crippen molar-refractivity contribution in [1.29, 1.82) is 0 Å². The van der Waals surface area contributed by atoms with Gasteiger partial charge in [-0.15, -0.1) is 0 Å². The smallest absolute Gasteiger partial charge is 0.386 e. The number of nitrogens with one attached hydrogen (secondary N) is 2. The van der Waals surface area contributed by atoms with Crippen LogP contribution in [0.5, 0.6) is 0 Å². The third-order valence-electron chi connectivity index (χ3n) is 9.91. The number of hydrogen-bond donors (Lipinski definition) is 9. The summed E-state index contributed by atoms with van der Waals surface area (Å²) >= 11 is 1.15. The minimum absolute atomic E-state index is 0.0329. The van der Waals surface area contributed by atoms with Crippen LogP contribution in [0.2, 0.25) is 0 Å². The predicted octanol–water partition coefficient (Wildman–Crippen LogP) is 3.92. The molecule has 24 nitrogen and oxygen atoms in total. The number of anilines is 1. The molecule has 2 aromatic heterocycles. The fourth-order valence-corrected chi connectivity index (χ4v) is 9.89. The zero-order valence-electron chi connectivity index (χ0n) is 36.7. The molecular weight excluding hydrogens is 939 g/mol. The Morgan fingerprint density at radius 1 is 0.923 bits per heavy atom. The SMILES string of the molecule is CCCCC=CCCCCCCCCCC(=O)SCCNC(=O)CCNC(=O)[C@H](O)C(C)(C)COP(=O)(O)OP(=O)(O)OC[C@H]1O[C@@H](n2cnc3c(N)ncnc32)[C@H](O)[C@@H]1OP(=O)(O)O. The molecule has 2 unspecified atom stereocenters. The maximum absolute atomic E-state index is 12.7. The molecule has 0 bridgehead atoms. The highest BCUT2D eigenvalue weighted by molar-refractivity contribution is 8.13. The topological polar surface area (TPSA) is 364 Å². The summed E-state index contributed by atoms with van der Waals surface area (Å²) < 4.78 is 62.4. The largest absolute Gasteiger partial charge is 0.481 e. The minimum Gasteiger partial charge on any atom is -0.386 e. The van der Waals surface area contributed by atoms with Crippen molar-refractivity contribution < 1.29 is 80.5 Å². The van der Waals surface area contributed by atoms with Gasteiger partial charge in [-0.3, -0.25) is 32.5 Å². The molecule has 0 radical (unpaired) electrons. The van der Waals surface area contributed by atoms with Crippen LogP contribution in [0, 0.1) is 5.41 Å². The number of phosphoric acid groups is 3. The number of thioether (sulfide) groups is 1. The van der Waals surface area contributed by atoms with Crippen molar-refractivity contribution in [3.8, 4) is 0 Å². The van der Waals surface area contributed by atoms with Crippen LogP contribution in [-0.2, 0) is 50.7 Å². The molecule has 1 aliphatic heterocycles. The Labute approximate surface area is 381 Å². The number of phosphoric ester groups is 3. The Hall–Kier alpha value is -2.70. The number of imidazole rings is 1. The Kier molecular flexibility index (Phi) is 23.8. The van der Waals surface area contributed by atoms with E-state index >= 15 is 0 Å². The van der Waals surface area contributed by atoms with Crippen LogP contribution in [-0.4, -0.2) is 123 Å². The van der Waals surface area contributed by atoms with Crippen molar-refractivity contribution in [2.45, 2.75) is 135 Å². The summed E-state index contributed by atoms with van der Waals surface area (Å²) in [6.07, 6.45) is 10.6. The van der Waals surface area contributed by atoms with E-state index in [1.54, 1.807) is 0 Å². The summed E-state index contributed by atoms with van der Waals surface area (Å²) in [5.41, 5.74) is 4.28. The van der Waals surface area contributed by atoms with E-state index in [1.807, 2.05) is 0 Å². The molecule has 2 amide bonds. The standard InChI is InChI=1S/C37H64N7O17P3S/c1-4-5-6-7-8-9-10-11-12-13-14-15-16-17-28(46)65-21-20-39-27(45)18-19-40-35(49)32(48)37(2,3)23-58-64(55,56)61-63(53,54)57-22-26-31(60-62(50,51)52)30(47)36(59-26)44-25-43-29-33(38)41-24-42-34(29)44/h7-8,24-26,30-32,36,47-48H,4-6,9-23H2,1-3H3,(H,39,45)(H,40,49)(H,53,54)(H,55,56)(H2,38,41,42)(H2,50,51,52)/t26-,30-,31-,32+,36-/m1/s1. The second-order valence-corrected chi connectivity index (χ2v) is 21.3. The third kappa shape index (κ3) is 20.6. The summed E-state index contributed by atoms with van der Waals surface area (Å²) in [5.74, 6) is -1.03. The van der Waals surface area contributed by atoms with Gasteiger partial charge in [0, 0.05) is 37.1 Å². The minimum atomic E-state index is -5.57. The van der Waals surface area contributed by atoms with Crippen molar-refractivity contribution >= 4 is 69.1 Å². The molecule has 1 fully saturated rings. The highest BCUT2D eigenvalue weighted by Crippen LogP contribution is 2.61. The van der Waals surface area contributed by atoms with Crippen molar-refractivity contribution in [2.24, 2.45) is 5.41 Å². The van der Waals surface area contributed by atoms with Crippen LogP contribution in [0.4, 0.5) is 5.82 Å². The Balaban J connectivity index is 1.33. The van der Waals surface area contributed by atoms with Crippen LogP contribution in [0.1, 0.15) is 110 Å². The number of unbranched alkanes of at least 4 members (excludes halogenated alkanes) is 9. The van der Waals surface area contributed by atoms with Gasteiger partial charge in [-0.2, -0.15) is 4.31 Å². The lowest BCUT2D eigenvalue weighted by molar-refractivity contribution is -0.137. The first-order chi connectivity index (χ1) is 30.6. The first-order valence-corrected chi connectivity index (χ1v) is 26.8. The van der Waals surface area contributed by atoms with Crippen LogP contribution in [0.15, 0.2) is 24.8 Å². The van der Waals surface area contributed by atoms with Gasteiger partial charge >= 0.3 is 23.5 Å². The molecule has 2 aromatic rings. The number of allylic oxidation sites excluding steroid dienone is 2. The monoisotopic (exact) mass is 1000 g/mol. The number of aliphatic hydroxyl groups is 2. The highest BCUT2D eigenvalue weighted by Gasteiger charge is 2.50. The summed E-state index contributed by atoms with van der Waals surface area (Å²) in [5, 5.41) is 26.6. The average molecular weight is 1000 g/mol. The summed E-state index contributed by atoms with van der Waals surface area (Å²) in [7, 11) is -16.4. The van der Waals surface area contributed by atoms with E-state index in [2.05, 4.69) is 53.5 Å². The van der Waals surface area contributed by atoms with E-state index in [0.29, 0.717) is 12.2 Å². The second kappa shape index (κ2) is 27.3. The van der Waals surface area contributed by atoms with Crippen molar-refractivity contribution in [1.82, 2.24) is 30.2 Å². The van der Waals surface area contributed by atoms with Crippen LogP contribution >= 0.6 is 35.2 Å². The number of rotatable bonds is 32. The van der Waals surface area contributed by atoms with Gasteiger partial charge in [0.2, 0.25) is 11.8 Å². The number of carbonyl (C=O) groups excluding carboxylic acids is 3. The maximum atomic E-state index is 12.7. The molecule has 65 heavy (non-hydrogen) atoms. The Bertz CT molecular complexity index is 2010. The number of carbonyl (C=O) groups is 3. The summed E-state index contributed by atoms with van der Waals surface area (Å²) in [4.78, 5) is 88.3. The number of nitrogens with zero attached hydrogens (tertiary/aromatic N) is 4. The van der Waals surface area contributed by atoms with Gasteiger partial charge in [0.25, 0.3) is 0 Å². The zero-order chi connectivity index (χ0) is 48.3. The summed E-state index contributed by atoms with van der Waals surface area (Å²) in [6.45, 7) is 2.76. The molecule has 10 N–H and O–H groups in total.